The third-order valence-electron chi connectivity index (χ3n) is 2.79. The molecule has 8 heteroatoms. The fraction of sp³-hybridized carbons (Fsp3) is 0.429. The molecule has 22 heavy (non-hydrogen) atoms. The highest BCUT2D eigenvalue weighted by Gasteiger charge is 2.11. The standard InChI is InChI=1S/C14H18Cl2N2O4/c1-22-18-13(9-2-3-11(15)12(16)6-9)4-5-14(21)17-7-10(20)8-19/h2-3,6,10,19-20H,4-5,7-8H2,1H3,(H,17,21)/b18-13-. The molecule has 0 radical (unpaired) electrons. The van der Waals surface area contributed by atoms with E-state index in [9.17, 15) is 4.79 Å². The van der Waals surface area contributed by atoms with Crippen LogP contribution in [0.25, 0.3) is 0 Å². The smallest absolute Gasteiger partial charge is 0.220 e. The molecule has 1 aromatic rings. The molecule has 3 N–H and O–H groups in total. The molecular weight excluding hydrogens is 331 g/mol. The Kier molecular flexibility index (Phi) is 8.19. The number of carbonyl (C=O) groups excluding carboxylic acids is 1. The molecule has 1 aromatic carbocycles. The van der Waals surface area contributed by atoms with Gasteiger partial charge in [-0.1, -0.05) is 34.4 Å². The fourth-order valence-corrected chi connectivity index (χ4v) is 1.94. The van der Waals surface area contributed by atoms with Gasteiger partial charge in [0.05, 0.1) is 28.5 Å². The van der Waals surface area contributed by atoms with Gasteiger partial charge < -0.3 is 20.4 Å². The Balaban J connectivity index is 2.63. The van der Waals surface area contributed by atoms with Crippen LogP contribution in [0.3, 0.4) is 0 Å². The maximum Gasteiger partial charge on any atom is 0.220 e. The minimum atomic E-state index is -0.967. The van der Waals surface area contributed by atoms with Crippen molar-refractivity contribution in [3.63, 3.8) is 0 Å². The summed E-state index contributed by atoms with van der Waals surface area (Å²) in [5, 5.41) is 25.1. The minimum absolute atomic E-state index is 0.00113. The van der Waals surface area contributed by atoms with Crippen molar-refractivity contribution < 1.29 is 19.8 Å². The van der Waals surface area contributed by atoms with Crippen LogP contribution < -0.4 is 5.32 Å². The summed E-state index contributed by atoms with van der Waals surface area (Å²) in [7, 11) is 1.41. The molecule has 0 aromatic heterocycles. The van der Waals surface area contributed by atoms with E-state index in [4.69, 9.17) is 38.3 Å². The zero-order chi connectivity index (χ0) is 16.5. The number of benzene rings is 1. The van der Waals surface area contributed by atoms with Gasteiger partial charge in [-0.3, -0.25) is 4.79 Å². The molecule has 122 valence electrons. The monoisotopic (exact) mass is 348 g/mol. The second kappa shape index (κ2) is 9.63. The van der Waals surface area contributed by atoms with E-state index < -0.39 is 12.7 Å². The molecule has 0 aliphatic carbocycles. The van der Waals surface area contributed by atoms with Crippen molar-refractivity contribution in [3.8, 4) is 0 Å². The van der Waals surface area contributed by atoms with E-state index in [1.165, 1.54) is 7.11 Å². The summed E-state index contributed by atoms with van der Waals surface area (Å²) in [4.78, 5) is 16.5. The number of aliphatic hydroxyl groups is 2. The average Bonchev–Trinajstić information content (AvgIpc) is 2.51. The van der Waals surface area contributed by atoms with Crippen molar-refractivity contribution in [2.45, 2.75) is 18.9 Å². The van der Waals surface area contributed by atoms with Crippen molar-refractivity contribution in [3.05, 3.63) is 33.8 Å². The number of amides is 1. The number of hydrogen-bond donors (Lipinski definition) is 3. The number of halogens is 2. The number of nitrogens with one attached hydrogen (secondary N) is 1. The van der Waals surface area contributed by atoms with Crippen molar-refractivity contribution in [2.75, 3.05) is 20.3 Å². The van der Waals surface area contributed by atoms with E-state index in [-0.39, 0.29) is 18.9 Å². The van der Waals surface area contributed by atoms with Crippen LogP contribution in [-0.2, 0) is 9.63 Å². The Morgan fingerprint density at radius 3 is 2.68 bits per heavy atom. The molecule has 1 unspecified atom stereocenters. The predicted octanol–water partition coefficient (Wildman–Crippen LogP) is 1.59. The first-order valence-corrected chi connectivity index (χ1v) is 7.34. The Hall–Kier alpha value is -1.34. The van der Waals surface area contributed by atoms with E-state index in [0.29, 0.717) is 27.7 Å². The van der Waals surface area contributed by atoms with Crippen LogP contribution in [0.2, 0.25) is 10.0 Å². The lowest BCUT2D eigenvalue weighted by Gasteiger charge is -2.10. The summed E-state index contributed by atoms with van der Waals surface area (Å²) in [6, 6.07) is 5.02. The van der Waals surface area contributed by atoms with Gasteiger partial charge in [0.1, 0.15) is 7.11 Å². The van der Waals surface area contributed by atoms with Gasteiger partial charge in [0.15, 0.2) is 0 Å². The first kappa shape index (κ1) is 18.7. The van der Waals surface area contributed by atoms with Gasteiger partial charge in [0.2, 0.25) is 5.91 Å². The van der Waals surface area contributed by atoms with Gasteiger partial charge in [-0.2, -0.15) is 0 Å². The Morgan fingerprint density at radius 1 is 1.36 bits per heavy atom. The second-order valence-corrected chi connectivity index (χ2v) is 5.30. The number of hydrogen-bond acceptors (Lipinski definition) is 5. The molecule has 0 aliphatic rings. The molecule has 0 fully saturated rings. The summed E-state index contributed by atoms with van der Waals surface area (Å²) >= 11 is 11.8. The second-order valence-electron chi connectivity index (χ2n) is 4.49. The number of oxime groups is 1. The number of carbonyl (C=O) groups is 1. The van der Waals surface area contributed by atoms with Crippen LogP contribution in [0.1, 0.15) is 18.4 Å². The van der Waals surface area contributed by atoms with Crippen molar-refractivity contribution in [2.24, 2.45) is 5.16 Å². The zero-order valence-corrected chi connectivity index (χ0v) is 13.6. The minimum Gasteiger partial charge on any atom is -0.399 e. The lowest BCUT2D eigenvalue weighted by molar-refractivity contribution is -0.121. The maximum absolute atomic E-state index is 11.7. The molecule has 0 heterocycles. The molecule has 1 amide bonds. The third-order valence-corrected chi connectivity index (χ3v) is 3.53. The average molecular weight is 349 g/mol. The van der Waals surface area contributed by atoms with Gasteiger partial charge in [-0.15, -0.1) is 0 Å². The lowest BCUT2D eigenvalue weighted by Crippen LogP contribution is -2.34. The predicted molar refractivity (Wildman–Crippen MR) is 85.3 cm³/mol. The van der Waals surface area contributed by atoms with Crippen molar-refractivity contribution in [1.82, 2.24) is 5.32 Å². The SMILES string of the molecule is CO/N=C(/CCC(=O)NCC(O)CO)c1ccc(Cl)c(Cl)c1. The third kappa shape index (κ3) is 6.19. The Morgan fingerprint density at radius 2 is 2.09 bits per heavy atom. The quantitative estimate of drug-likeness (QED) is 0.491. The van der Waals surface area contributed by atoms with Crippen LogP contribution in [0.5, 0.6) is 0 Å². The summed E-state index contributed by atoms with van der Waals surface area (Å²) in [6.45, 7) is -0.404. The summed E-state index contributed by atoms with van der Waals surface area (Å²) in [6.07, 6.45) is -0.487. The van der Waals surface area contributed by atoms with Crippen LogP contribution in [0, 0.1) is 0 Å². The van der Waals surface area contributed by atoms with Crippen molar-refractivity contribution in [1.29, 1.82) is 0 Å². The van der Waals surface area contributed by atoms with Gasteiger partial charge in [0.25, 0.3) is 0 Å². The van der Waals surface area contributed by atoms with Crippen LogP contribution in [0.15, 0.2) is 23.4 Å². The highest BCUT2D eigenvalue weighted by Crippen LogP contribution is 2.23. The molecule has 0 saturated carbocycles. The van der Waals surface area contributed by atoms with Gasteiger partial charge in [-0.05, 0) is 12.1 Å². The number of aliphatic hydroxyl groups excluding tert-OH is 2. The molecule has 0 aliphatic heterocycles. The van der Waals surface area contributed by atoms with E-state index >= 15 is 0 Å². The highest BCUT2D eigenvalue weighted by atomic mass is 35.5. The molecule has 0 saturated heterocycles. The fourth-order valence-electron chi connectivity index (χ4n) is 1.65. The molecule has 1 rings (SSSR count). The molecule has 6 nitrogen and oxygen atoms in total. The Labute approximate surface area is 138 Å². The van der Waals surface area contributed by atoms with E-state index in [2.05, 4.69) is 10.5 Å². The molecule has 0 bridgehead atoms. The number of rotatable bonds is 8. The van der Waals surface area contributed by atoms with E-state index in [1.54, 1.807) is 18.2 Å². The molecular formula is C14H18Cl2N2O4. The van der Waals surface area contributed by atoms with Gasteiger partial charge >= 0.3 is 0 Å². The first-order chi connectivity index (χ1) is 10.5. The Bertz CT molecular complexity index is 538. The lowest BCUT2D eigenvalue weighted by atomic mass is 10.1. The molecule has 0 spiro atoms. The summed E-state index contributed by atoms with van der Waals surface area (Å²) in [5.74, 6) is -0.267. The summed E-state index contributed by atoms with van der Waals surface area (Å²) in [5.41, 5.74) is 1.26. The van der Waals surface area contributed by atoms with E-state index in [0.717, 1.165) is 0 Å². The topological polar surface area (TPSA) is 91.2 Å². The maximum atomic E-state index is 11.7. The zero-order valence-electron chi connectivity index (χ0n) is 12.1. The molecule has 1 atom stereocenters. The van der Waals surface area contributed by atoms with Gasteiger partial charge in [-0.25, -0.2) is 0 Å². The van der Waals surface area contributed by atoms with Gasteiger partial charge in [0, 0.05) is 24.9 Å². The number of nitrogens with zero attached hydrogens (tertiary/aromatic N) is 1. The van der Waals surface area contributed by atoms with Crippen LogP contribution in [0.4, 0.5) is 0 Å². The summed E-state index contributed by atoms with van der Waals surface area (Å²) < 4.78 is 0. The van der Waals surface area contributed by atoms with E-state index in [1.807, 2.05) is 0 Å². The first-order valence-electron chi connectivity index (χ1n) is 6.59. The van der Waals surface area contributed by atoms with Crippen molar-refractivity contribution >= 4 is 34.8 Å². The highest BCUT2D eigenvalue weighted by molar-refractivity contribution is 6.42. The normalized spacial score (nSPS) is 12.9. The van der Waals surface area contributed by atoms with Crippen LogP contribution >= 0.6 is 23.2 Å². The largest absolute Gasteiger partial charge is 0.399 e. The van der Waals surface area contributed by atoms with Crippen LogP contribution in [-0.4, -0.2) is 48.2 Å².